The van der Waals surface area contributed by atoms with Crippen LogP contribution in [0.5, 0.6) is 11.5 Å². The molecule has 170 valence electrons. The van der Waals surface area contributed by atoms with Crippen LogP contribution < -0.4 is 9.47 Å². The number of amidine groups is 1. The number of halogens is 1. The van der Waals surface area contributed by atoms with Gasteiger partial charge in [0, 0.05) is 13.1 Å². The van der Waals surface area contributed by atoms with Crippen molar-refractivity contribution in [2.45, 2.75) is 26.9 Å². The SMILES string of the molecule is COc1ccc(CN(Cc2ccc(OC)cc2)C(=Nc2cc(C)ccc2C)SC)cc1.I. The van der Waals surface area contributed by atoms with Crippen LogP contribution in [0.1, 0.15) is 22.3 Å². The first-order valence-corrected chi connectivity index (χ1v) is 11.5. The molecule has 3 rings (SSSR count). The summed E-state index contributed by atoms with van der Waals surface area (Å²) in [6, 6.07) is 22.8. The van der Waals surface area contributed by atoms with Gasteiger partial charge in [-0.25, -0.2) is 4.99 Å². The molecule has 0 fully saturated rings. The zero-order valence-corrected chi connectivity index (χ0v) is 22.4. The number of hydrogen-bond donors (Lipinski definition) is 0. The van der Waals surface area contributed by atoms with E-state index in [4.69, 9.17) is 14.5 Å². The van der Waals surface area contributed by atoms with Crippen molar-refractivity contribution in [1.29, 1.82) is 0 Å². The Hall–Kier alpha value is -2.19. The highest BCUT2D eigenvalue weighted by molar-refractivity contribution is 14.0. The zero-order chi connectivity index (χ0) is 22.2. The predicted octanol–water partition coefficient (Wildman–Crippen LogP) is 6.99. The Balaban J connectivity index is 0.00000363. The van der Waals surface area contributed by atoms with Crippen molar-refractivity contribution >= 4 is 46.6 Å². The van der Waals surface area contributed by atoms with Crippen molar-refractivity contribution in [3.8, 4) is 11.5 Å². The van der Waals surface area contributed by atoms with Crippen molar-refractivity contribution in [1.82, 2.24) is 4.90 Å². The third-order valence-electron chi connectivity index (χ3n) is 5.10. The van der Waals surface area contributed by atoms with Crippen LogP contribution in [-0.4, -0.2) is 30.5 Å². The van der Waals surface area contributed by atoms with E-state index in [0.717, 1.165) is 35.4 Å². The summed E-state index contributed by atoms with van der Waals surface area (Å²) in [5.74, 6) is 1.72. The average Bonchev–Trinajstić information content (AvgIpc) is 2.80. The molecule has 0 N–H and O–H groups in total. The van der Waals surface area contributed by atoms with Crippen molar-refractivity contribution in [2.24, 2.45) is 4.99 Å². The van der Waals surface area contributed by atoms with Crippen molar-refractivity contribution in [3.63, 3.8) is 0 Å². The third kappa shape index (κ3) is 7.17. The van der Waals surface area contributed by atoms with Gasteiger partial charge in [0.15, 0.2) is 5.17 Å². The standard InChI is InChI=1S/C26H30N2O2S.HI/c1-19-6-7-20(2)25(16-19)27-26(31-5)28(17-21-8-12-23(29-3)13-9-21)18-22-10-14-24(30-4)15-11-22;/h6-16H,17-18H2,1-5H3;1H. The van der Waals surface area contributed by atoms with E-state index in [1.165, 1.54) is 22.3 Å². The second-order valence-corrected chi connectivity index (χ2v) is 8.21. The summed E-state index contributed by atoms with van der Waals surface area (Å²) in [5.41, 5.74) is 5.81. The minimum absolute atomic E-state index is 0. The Kier molecular flexibility index (Phi) is 10.4. The monoisotopic (exact) mass is 562 g/mol. The molecule has 3 aromatic rings. The van der Waals surface area contributed by atoms with Crippen LogP contribution in [0.25, 0.3) is 0 Å². The van der Waals surface area contributed by atoms with Crippen LogP contribution in [0.15, 0.2) is 71.7 Å². The maximum Gasteiger partial charge on any atom is 0.164 e. The third-order valence-corrected chi connectivity index (χ3v) is 5.81. The Morgan fingerprint density at radius 3 is 1.75 bits per heavy atom. The van der Waals surface area contributed by atoms with Gasteiger partial charge in [-0.1, -0.05) is 48.2 Å². The molecule has 0 saturated carbocycles. The van der Waals surface area contributed by atoms with Gasteiger partial charge in [-0.3, -0.25) is 0 Å². The fourth-order valence-electron chi connectivity index (χ4n) is 3.28. The Morgan fingerprint density at radius 2 is 1.31 bits per heavy atom. The first-order chi connectivity index (χ1) is 15.0. The number of methoxy groups -OCH3 is 2. The lowest BCUT2D eigenvalue weighted by molar-refractivity contribution is 0.405. The van der Waals surface area contributed by atoms with Crippen LogP contribution >= 0.6 is 35.7 Å². The van der Waals surface area contributed by atoms with Gasteiger partial charge in [0.2, 0.25) is 0 Å². The number of thioether (sulfide) groups is 1. The molecule has 0 aromatic heterocycles. The topological polar surface area (TPSA) is 34.1 Å². The Labute approximate surface area is 213 Å². The number of aliphatic imine (C=N–C) groups is 1. The van der Waals surface area contributed by atoms with Gasteiger partial charge in [-0.2, -0.15) is 0 Å². The zero-order valence-electron chi connectivity index (χ0n) is 19.3. The first-order valence-electron chi connectivity index (χ1n) is 10.2. The van der Waals surface area contributed by atoms with Gasteiger partial charge >= 0.3 is 0 Å². The second kappa shape index (κ2) is 12.7. The van der Waals surface area contributed by atoms with Crippen molar-refractivity contribution in [2.75, 3.05) is 20.5 Å². The molecule has 0 amide bonds. The highest BCUT2D eigenvalue weighted by Gasteiger charge is 2.14. The fourth-order valence-corrected chi connectivity index (χ4v) is 3.86. The number of ether oxygens (including phenoxy) is 2. The van der Waals surface area contributed by atoms with Crippen LogP contribution in [0.2, 0.25) is 0 Å². The summed E-state index contributed by atoms with van der Waals surface area (Å²) in [4.78, 5) is 7.37. The molecule has 0 aliphatic heterocycles. The van der Waals surface area contributed by atoms with E-state index < -0.39 is 0 Å². The van der Waals surface area contributed by atoms with E-state index in [1.807, 2.05) is 24.3 Å². The lowest BCUT2D eigenvalue weighted by Crippen LogP contribution is -2.27. The van der Waals surface area contributed by atoms with Crippen molar-refractivity contribution in [3.05, 3.63) is 89.0 Å². The molecule has 0 spiro atoms. The highest BCUT2D eigenvalue weighted by Crippen LogP contribution is 2.25. The van der Waals surface area contributed by atoms with E-state index in [-0.39, 0.29) is 24.0 Å². The lowest BCUT2D eigenvalue weighted by atomic mass is 10.1. The molecule has 0 atom stereocenters. The molecule has 0 saturated heterocycles. The largest absolute Gasteiger partial charge is 0.497 e. The smallest absolute Gasteiger partial charge is 0.164 e. The normalized spacial score (nSPS) is 11.0. The van der Waals surface area contributed by atoms with E-state index >= 15 is 0 Å². The van der Waals surface area contributed by atoms with Crippen molar-refractivity contribution < 1.29 is 9.47 Å². The first kappa shape index (κ1) is 26.1. The number of nitrogens with zero attached hydrogens (tertiary/aromatic N) is 2. The molecule has 0 aliphatic rings. The molecular formula is C26H31IN2O2S. The summed E-state index contributed by atoms with van der Waals surface area (Å²) in [6.07, 6.45) is 2.08. The summed E-state index contributed by atoms with van der Waals surface area (Å²) >= 11 is 1.67. The van der Waals surface area contributed by atoms with Crippen LogP contribution in [0, 0.1) is 13.8 Å². The Morgan fingerprint density at radius 1 is 0.812 bits per heavy atom. The van der Waals surface area contributed by atoms with Crippen LogP contribution in [0.3, 0.4) is 0 Å². The van der Waals surface area contributed by atoms with E-state index in [1.54, 1.807) is 26.0 Å². The average molecular weight is 563 g/mol. The van der Waals surface area contributed by atoms with Gasteiger partial charge in [0.25, 0.3) is 0 Å². The van der Waals surface area contributed by atoms with E-state index in [2.05, 4.69) is 67.5 Å². The van der Waals surface area contributed by atoms with Crippen LogP contribution in [0.4, 0.5) is 5.69 Å². The number of hydrogen-bond acceptors (Lipinski definition) is 4. The molecule has 0 aliphatic carbocycles. The maximum atomic E-state index is 5.31. The molecule has 0 unspecified atom stereocenters. The predicted molar refractivity (Wildman–Crippen MR) is 147 cm³/mol. The number of aryl methyl sites for hydroxylation is 2. The summed E-state index contributed by atoms with van der Waals surface area (Å²) in [7, 11) is 3.38. The van der Waals surface area contributed by atoms with Gasteiger partial charge in [0.05, 0.1) is 19.9 Å². The lowest BCUT2D eigenvalue weighted by Gasteiger charge is -2.26. The van der Waals surface area contributed by atoms with Gasteiger partial charge in [0.1, 0.15) is 11.5 Å². The minimum Gasteiger partial charge on any atom is -0.497 e. The molecule has 32 heavy (non-hydrogen) atoms. The molecule has 3 aromatic carbocycles. The number of rotatable bonds is 7. The van der Waals surface area contributed by atoms with E-state index in [9.17, 15) is 0 Å². The Bertz CT molecular complexity index is 972. The molecule has 0 bridgehead atoms. The van der Waals surface area contributed by atoms with E-state index in [0.29, 0.717) is 0 Å². The number of benzene rings is 3. The van der Waals surface area contributed by atoms with Crippen LogP contribution in [-0.2, 0) is 13.1 Å². The molecule has 6 heteroatoms. The highest BCUT2D eigenvalue weighted by atomic mass is 127. The minimum atomic E-state index is 0. The molecule has 4 nitrogen and oxygen atoms in total. The molecular weight excluding hydrogens is 531 g/mol. The fraction of sp³-hybridized carbons (Fsp3) is 0.269. The summed E-state index contributed by atoms with van der Waals surface area (Å²) in [5, 5.41) is 0.986. The summed E-state index contributed by atoms with van der Waals surface area (Å²) < 4.78 is 10.6. The van der Waals surface area contributed by atoms with Gasteiger partial charge in [-0.05, 0) is 72.7 Å². The van der Waals surface area contributed by atoms with Gasteiger partial charge < -0.3 is 14.4 Å². The summed E-state index contributed by atoms with van der Waals surface area (Å²) in [6.45, 7) is 5.71. The molecule has 0 heterocycles. The van der Waals surface area contributed by atoms with Gasteiger partial charge in [-0.15, -0.1) is 24.0 Å². The quantitative estimate of drug-likeness (QED) is 0.177. The maximum absolute atomic E-state index is 5.31. The second-order valence-electron chi connectivity index (χ2n) is 7.44. The molecule has 0 radical (unpaired) electrons.